The fourth-order valence-electron chi connectivity index (χ4n) is 2.68. The van der Waals surface area contributed by atoms with E-state index < -0.39 is 10.0 Å². The van der Waals surface area contributed by atoms with Crippen LogP contribution in [0.3, 0.4) is 0 Å². The van der Waals surface area contributed by atoms with E-state index in [9.17, 15) is 13.2 Å². The molecule has 0 heterocycles. The molecular weight excluding hydrogens is 380 g/mol. The van der Waals surface area contributed by atoms with Crippen LogP contribution in [0.2, 0.25) is 0 Å². The van der Waals surface area contributed by atoms with Crippen LogP contribution in [0.15, 0.2) is 59.5 Å². The fraction of sp³-hybridized carbons (Fsp3) is 0.350. The second-order valence-corrected chi connectivity index (χ2v) is 9.26. The van der Waals surface area contributed by atoms with Gasteiger partial charge in [0.15, 0.2) is 0 Å². The molecule has 0 unspecified atom stereocenters. The van der Waals surface area contributed by atoms with Gasteiger partial charge in [0.2, 0.25) is 15.9 Å². The number of rotatable bonds is 9. The predicted octanol–water partition coefficient (Wildman–Crippen LogP) is 3.09. The molecule has 2 aromatic rings. The highest BCUT2D eigenvalue weighted by atomic mass is 32.2. The van der Waals surface area contributed by atoms with E-state index in [0.29, 0.717) is 6.42 Å². The average Bonchev–Trinajstić information content (AvgIpc) is 2.65. The van der Waals surface area contributed by atoms with Crippen molar-refractivity contribution in [1.29, 1.82) is 0 Å². The van der Waals surface area contributed by atoms with Gasteiger partial charge in [-0.25, -0.2) is 8.42 Å². The third-order valence-electron chi connectivity index (χ3n) is 4.27. The number of carbonyl (C=O) groups excluding carboxylic acids is 1. The molecule has 0 spiro atoms. The van der Waals surface area contributed by atoms with Gasteiger partial charge >= 0.3 is 0 Å². The quantitative estimate of drug-likeness (QED) is 0.650. The second-order valence-electron chi connectivity index (χ2n) is 6.39. The first-order chi connectivity index (χ1) is 12.8. The first kappa shape index (κ1) is 21.5. The molecule has 1 atom stereocenters. The largest absolute Gasteiger partial charge is 0.348 e. The Morgan fingerprint density at radius 3 is 2.30 bits per heavy atom. The molecule has 1 N–H and O–H groups in total. The van der Waals surface area contributed by atoms with Crippen LogP contribution in [-0.4, -0.2) is 44.2 Å². The summed E-state index contributed by atoms with van der Waals surface area (Å²) in [5.74, 6) is -0.310. The maximum Gasteiger partial charge on any atom is 0.235 e. The number of carbonyl (C=O) groups is 1. The van der Waals surface area contributed by atoms with E-state index in [-0.39, 0.29) is 25.0 Å². The van der Waals surface area contributed by atoms with Gasteiger partial charge in [0.1, 0.15) is 0 Å². The molecule has 0 saturated heterocycles. The zero-order valence-corrected chi connectivity index (χ0v) is 17.5. The summed E-state index contributed by atoms with van der Waals surface area (Å²) >= 11 is 1.66. The molecule has 0 bridgehead atoms. The number of nitrogens with one attached hydrogen (secondary N) is 1. The van der Waals surface area contributed by atoms with Crippen LogP contribution in [0, 0.1) is 0 Å². The monoisotopic (exact) mass is 406 g/mol. The van der Waals surface area contributed by atoms with Crippen molar-refractivity contribution in [2.24, 2.45) is 0 Å². The number of thioether (sulfide) groups is 1. The Morgan fingerprint density at radius 1 is 1.11 bits per heavy atom. The van der Waals surface area contributed by atoms with Crippen LogP contribution in [0.1, 0.15) is 24.1 Å². The van der Waals surface area contributed by atoms with Gasteiger partial charge < -0.3 is 5.32 Å². The van der Waals surface area contributed by atoms with Crippen molar-refractivity contribution in [1.82, 2.24) is 9.62 Å². The summed E-state index contributed by atoms with van der Waals surface area (Å²) in [5, 5.41) is 2.88. The van der Waals surface area contributed by atoms with Crippen molar-refractivity contribution < 1.29 is 13.2 Å². The summed E-state index contributed by atoms with van der Waals surface area (Å²) in [6, 6.07) is 17.4. The van der Waals surface area contributed by atoms with E-state index in [1.165, 1.54) is 4.31 Å². The average molecular weight is 407 g/mol. The highest BCUT2D eigenvalue weighted by Gasteiger charge is 2.21. The van der Waals surface area contributed by atoms with Crippen LogP contribution in [0.4, 0.5) is 0 Å². The molecule has 0 aliphatic rings. The van der Waals surface area contributed by atoms with Crippen LogP contribution < -0.4 is 5.32 Å². The molecular formula is C20H26N2O3S2. The summed E-state index contributed by atoms with van der Waals surface area (Å²) in [7, 11) is -3.47. The third-order valence-corrected chi connectivity index (χ3v) is 6.27. The van der Waals surface area contributed by atoms with Crippen LogP contribution in [-0.2, 0) is 21.2 Å². The van der Waals surface area contributed by atoms with Crippen molar-refractivity contribution in [2.75, 3.05) is 25.6 Å². The standard InChI is InChI=1S/C20H26N2O3S2/c1-16(18-9-11-19(26-2)12-10-18)21-20(23)15-22(27(3,24)25)14-13-17-7-5-4-6-8-17/h4-12,16H,13-15H2,1-3H3,(H,21,23)/t16-/m0/s1. The van der Waals surface area contributed by atoms with Crippen molar-refractivity contribution >= 4 is 27.7 Å². The van der Waals surface area contributed by atoms with Gasteiger partial charge in [-0.05, 0) is 42.9 Å². The van der Waals surface area contributed by atoms with Crippen molar-refractivity contribution in [2.45, 2.75) is 24.3 Å². The molecule has 5 nitrogen and oxygen atoms in total. The number of hydrogen-bond donors (Lipinski definition) is 1. The Bertz CT molecular complexity index is 837. The lowest BCUT2D eigenvalue weighted by molar-refractivity contribution is -0.121. The lowest BCUT2D eigenvalue weighted by Crippen LogP contribution is -2.41. The number of nitrogens with zero attached hydrogens (tertiary/aromatic N) is 1. The summed E-state index contributed by atoms with van der Waals surface area (Å²) in [5.41, 5.74) is 2.02. The summed E-state index contributed by atoms with van der Waals surface area (Å²) < 4.78 is 25.3. The fourth-order valence-corrected chi connectivity index (χ4v) is 3.87. The summed E-state index contributed by atoms with van der Waals surface area (Å²) in [6.45, 7) is 1.98. The molecule has 1 amide bonds. The maximum atomic E-state index is 12.4. The molecule has 0 aromatic heterocycles. The predicted molar refractivity (Wildman–Crippen MR) is 111 cm³/mol. The molecule has 2 rings (SSSR count). The van der Waals surface area contributed by atoms with E-state index in [4.69, 9.17) is 0 Å². The Balaban J connectivity index is 1.96. The Hall–Kier alpha value is -1.83. The van der Waals surface area contributed by atoms with Crippen LogP contribution >= 0.6 is 11.8 Å². The minimum Gasteiger partial charge on any atom is -0.348 e. The minimum absolute atomic E-state index is 0.182. The summed E-state index contributed by atoms with van der Waals surface area (Å²) in [6.07, 6.45) is 3.71. The van der Waals surface area contributed by atoms with E-state index in [0.717, 1.165) is 22.3 Å². The second kappa shape index (κ2) is 9.92. The van der Waals surface area contributed by atoms with E-state index in [2.05, 4.69) is 5.32 Å². The van der Waals surface area contributed by atoms with Gasteiger partial charge in [-0.2, -0.15) is 4.31 Å². The lowest BCUT2D eigenvalue weighted by atomic mass is 10.1. The molecule has 0 saturated carbocycles. The Labute approximate surface area is 166 Å². The molecule has 0 fully saturated rings. The third kappa shape index (κ3) is 7.01. The van der Waals surface area contributed by atoms with Crippen LogP contribution in [0.5, 0.6) is 0 Å². The minimum atomic E-state index is -3.47. The molecule has 0 aliphatic carbocycles. The number of sulfonamides is 1. The van der Waals surface area contributed by atoms with Gasteiger partial charge in [0.05, 0.1) is 18.8 Å². The topological polar surface area (TPSA) is 66.5 Å². The van der Waals surface area contributed by atoms with E-state index in [1.54, 1.807) is 11.8 Å². The molecule has 7 heteroatoms. The van der Waals surface area contributed by atoms with E-state index in [1.807, 2.05) is 67.8 Å². The van der Waals surface area contributed by atoms with Gasteiger partial charge in [-0.1, -0.05) is 42.5 Å². The maximum absolute atomic E-state index is 12.4. The number of hydrogen-bond acceptors (Lipinski definition) is 4. The van der Waals surface area contributed by atoms with Gasteiger partial charge in [-0.15, -0.1) is 11.8 Å². The van der Waals surface area contributed by atoms with Crippen molar-refractivity contribution in [3.05, 3.63) is 65.7 Å². The van der Waals surface area contributed by atoms with Gasteiger partial charge in [0, 0.05) is 11.4 Å². The Kier molecular flexibility index (Phi) is 7.89. The normalized spacial score (nSPS) is 12.7. The highest BCUT2D eigenvalue weighted by Crippen LogP contribution is 2.19. The smallest absolute Gasteiger partial charge is 0.235 e. The van der Waals surface area contributed by atoms with Gasteiger partial charge in [0.25, 0.3) is 0 Å². The van der Waals surface area contributed by atoms with Crippen molar-refractivity contribution in [3.8, 4) is 0 Å². The van der Waals surface area contributed by atoms with Crippen LogP contribution in [0.25, 0.3) is 0 Å². The lowest BCUT2D eigenvalue weighted by Gasteiger charge is -2.21. The first-order valence-electron chi connectivity index (χ1n) is 8.72. The number of benzene rings is 2. The highest BCUT2D eigenvalue weighted by molar-refractivity contribution is 7.98. The zero-order chi connectivity index (χ0) is 19.9. The SMILES string of the molecule is CSc1ccc([C@H](C)NC(=O)CN(CCc2ccccc2)S(C)(=O)=O)cc1. The first-order valence-corrected chi connectivity index (χ1v) is 11.8. The number of amides is 1. The van der Waals surface area contributed by atoms with Crippen molar-refractivity contribution in [3.63, 3.8) is 0 Å². The summed E-state index contributed by atoms with van der Waals surface area (Å²) in [4.78, 5) is 13.6. The Morgan fingerprint density at radius 2 is 1.74 bits per heavy atom. The molecule has 2 aromatic carbocycles. The molecule has 146 valence electrons. The molecule has 0 aliphatic heterocycles. The zero-order valence-electron chi connectivity index (χ0n) is 15.9. The molecule has 27 heavy (non-hydrogen) atoms. The van der Waals surface area contributed by atoms with E-state index >= 15 is 0 Å². The van der Waals surface area contributed by atoms with Gasteiger partial charge in [-0.3, -0.25) is 4.79 Å². The molecule has 0 radical (unpaired) electrons.